The molecule has 0 aromatic heterocycles. The molecule has 4 fully saturated rings. The van der Waals surface area contributed by atoms with E-state index in [1.807, 2.05) is 0 Å². The Morgan fingerprint density at radius 1 is 0.909 bits per heavy atom. The maximum Gasteiger partial charge on any atom is 0.314 e. The van der Waals surface area contributed by atoms with Gasteiger partial charge in [0.1, 0.15) is 0 Å². The molecule has 0 radical (unpaired) electrons. The van der Waals surface area contributed by atoms with E-state index >= 15 is 0 Å². The highest BCUT2D eigenvalue weighted by molar-refractivity contribution is 5.81. The molecule has 3 nitrogen and oxygen atoms in total. The second kappa shape index (κ2) is 7.11. The van der Waals surface area contributed by atoms with Crippen molar-refractivity contribution < 1.29 is 15.0 Å². The summed E-state index contributed by atoms with van der Waals surface area (Å²) in [5.41, 5.74) is 0.615. The van der Waals surface area contributed by atoms with Gasteiger partial charge in [0.05, 0.1) is 11.5 Å². The predicted molar refractivity (Wildman–Crippen MR) is 133 cm³/mol. The Labute approximate surface area is 201 Å². The molecule has 10 atom stereocenters. The van der Waals surface area contributed by atoms with Gasteiger partial charge < -0.3 is 10.2 Å². The fraction of sp³-hybridized carbons (Fsp3) is 0.900. The smallest absolute Gasteiger partial charge is 0.314 e. The third-order valence-electron chi connectivity index (χ3n) is 13.2. The number of aliphatic hydroxyl groups excluding tert-OH is 1. The van der Waals surface area contributed by atoms with Crippen molar-refractivity contribution in [3.05, 3.63) is 11.6 Å². The Morgan fingerprint density at radius 2 is 1.61 bits per heavy atom. The fourth-order valence-electron chi connectivity index (χ4n) is 11.0. The number of rotatable bonds is 1. The first kappa shape index (κ1) is 23.9. The van der Waals surface area contributed by atoms with Gasteiger partial charge in [0, 0.05) is 0 Å². The molecule has 0 aromatic carbocycles. The maximum absolute atomic E-state index is 13.5. The zero-order valence-electron chi connectivity index (χ0n) is 22.2. The van der Waals surface area contributed by atoms with Crippen molar-refractivity contribution in [3.8, 4) is 0 Å². The van der Waals surface area contributed by atoms with E-state index in [9.17, 15) is 15.0 Å². The maximum atomic E-state index is 13.5. The molecule has 33 heavy (non-hydrogen) atoms. The van der Waals surface area contributed by atoms with Crippen LogP contribution in [0.15, 0.2) is 11.6 Å². The number of allylic oxidation sites excluding steroid dienone is 1. The van der Waals surface area contributed by atoms with Crippen molar-refractivity contribution in [3.63, 3.8) is 0 Å². The van der Waals surface area contributed by atoms with Gasteiger partial charge in [-0.05, 0) is 109 Å². The summed E-state index contributed by atoms with van der Waals surface area (Å²) >= 11 is 0. The second-order valence-electron chi connectivity index (χ2n) is 14.6. The monoisotopic (exact) mass is 456 g/mol. The number of aliphatic hydroxyl groups is 1. The van der Waals surface area contributed by atoms with Crippen LogP contribution in [0, 0.1) is 56.7 Å². The molecule has 4 saturated carbocycles. The number of hydrogen-bond acceptors (Lipinski definition) is 2. The molecule has 0 saturated heterocycles. The summed E-state index contributed by atoms with van der Waals surface area (Å²) in [5, 5.41) is 22.0. The van der Waals surface area contributed by atoms with Crippen LogP contribution in [-0.4, -0.2) is 22.3 Å². The summed E-state index contributed by atoms with van der Waals surface area (Å²) in [6, 6.07) is 0. The third kappa shape index (κ3) is 2.75. The van der Waals surface area contributed by atoms with Gasteiger partial charge in [-0.15, -0.1) is 0 Å². The van der Waals surface area contributed by atoms with Crippen LogP contribution < -0.4 is 0 Å². The molecule has 0 aromatic rings. The molecule has 5 rings (SSSR count). The molecular weight excluding hydrogens is 408 g/mol. The average molecular weight is 457 g/mol. The largest absolute Gasteiger partial charge is 0.481 e. The number of carboxylic acids is 1. The first-order valence-corrected chi connectivity index (χ1v) is 13.9. The van der Waals surface area contributed by atoms with Gasteiger partial charge in [0.25, 0.3) is 0 Å². The second-order valence-corrected chi connectivity index (χ2v) is 14.6. The highest BCUT2D eigenvalue weighted by atomic mass is 16.4. The van der Waals surface area contributed by atoms with E-state index in [-0.39, 0.29) is 27.8 Å². The summed E-state index contributed by atoms with van der Waals surface area (Å²) < 4.78 is 0. The number of carbonyl (C=O) groups is 1. The Balaban J connectivity index is 1.66. The Hall–Kier alpha value is -0.830. The summed E-state index contributed by atoms with van der Waals surface area (Å²) in [7, 11) is 0. The molecule has 0 unspecified atom stereocenters. The number of hydrogen-bond donors (Lipinski definition) is 2. The van der Waals surface area contributed by atoms with Crippen molar-refractivity contribution in [2.75, 3.05) is 0 Å². The van der Waals surface area contributed by atoms with E-state index in [2.05, 4.69) is 54.5 Å². The topological polar surface area (TPSA) is 57.5 Å². The van der Waals surface area contributed by atoms with Gasteiger partial charge in [-0.2, -0.15) is 0 Å². The molecule has 0 amide bonds. The van der Waals surface area contributed by atoms with Crippen LogP contribution in [0.3, 0.4) is 0 Å². The standard InChI is InChI=1S/C30H48O3/c1-18-10-13-27(5)16-17-30(25(32)33)20(24(27)19(18)2)8-9-22-28(6)14-12-23(31)26(3,4)21(28)11-15-29(22,30)7/h8,18-19,21-24,31H,9-17H2,1-7H3,(H,32,33)/t18-,19+,21+,22-,23+,24-,27-,28+,29-,30-/m1/s1. The highest BCUT2D eigenvalue weighted by Gasteiger charge is 2.71. The van der Waals surface area contributed by atoms with Crippen molar-refractivity contribution in [2.45, 2.75) is 112 Å². The number of aliphatic carboxylic acids is 1. The van der Waals surface area contributed by atoms with Crippen LogP contribution in [-0.2, 0) is 4.79 Å². The SMILES string of the molecule is C[C@H]1[C@H](C)CC[C@]2(C)CC[C@]3(C(=O)O)C(=CC[C@@H]4[C@@]5(C)CC[C@H](O)C(C)(C)[C@@H]5CC[C@]43C)[C@@H]12. The van der Waals surface area contributed by atoms with E-state index in [1.165, 1.54) is 18.4 Å². The van der Waals surface area contributed by atoms with Crippen molar-refractivity contribution in [1.29, 1.82) is 0 Å². The molecule has 2 N–H and O–H groups in total. The molecule has 0 bridgehead atoms. The Morgan fingerprint density at radius 3 is 2.27 bits per heavy atom. The van der Waals surface area contributed by atoms with Gasteiger partial charge in [0.15, 0.2) is 0 Å². The molecular formula is C30H48O3. The summed E-state index contributed by atoms with van der Waals surface area (Å²) in [6.45, 7) is 16.6. The molecule has 0 spiro atoms. The molecule has 3 heteroatoms. The minimum absolute atomic E-state index is 0.0897. The van der Waals surface area contributed by atoms with Crippen LogP contribution in [0.2, 0.25) is 0 Å². The molecule has 5 aliphatic carbocycles. The van der Waals surface area contributed by atoms with E-state index in [1.54, 1.807) is 0 Å². The Kier molecular flexibility index (Phi) is 5.15. The Bertz CT molecular complexity index is 874. The van der Waals surface area contributed by atoms with Gasteiger partial charge in [-0.1, -0.05) is 60.1 Å². The lowest BCUT2D eigenvalue weighted by Crippen LogP contribution is -2.67. The van der Waals surface area contributed by atoms with Gasteiger partial charge in [-0.25, -0.2) is 0 Å². The first-order chi connectivity index (χ1) is 15.3. The van der Waals surface area contributed by atoms with Crippen LogP contribution in [0.1, 0.15) is 106 Å². The fourth-order valence-corrected chi connectivity index (χ4v) is 11.0. The van der Waals surface area contributed by atoms with Gasteiger partial charge >= 0.3 is 5.97 Å². The van der Waals surface area contributed by atoms with E-state index in [0.717, 1.165) is 44.9 Å². The summed E-state index contributed by atoms with van der Waals surface area (Å²) in [5.74, 6) is 1.88. The zero-order valence-corrected chi connectivity index (χ0v) is 22.2. The predicted octanol–water partition coefficient (Wildman–Crippen LogP) is 7.09. The molecule has 0 heterocycles. The van der Waals surface area contributed by atoms with Crippen LogP contribution in [0.25, 0.3) is 0 Å². The van der Waals surface area contributed by atoms with Crippen LogP contribution >= 0.6 is 0 Å². The van der Waals surface area contributed by atoms with Crippen molar-refractivity contribution in [1.82, 2.24) is 0 Å². The molecule has 186 valence electrons. The van der Waals surface area contributed by atoms with Crippen LogP contribution in [0.4, 0.5) is 0 Å². The normalized spacial score (nSPS) is 55.3. The first-order valence-electron chi connectivity index (χ1n) is 13.9. The summed E-state index contributed by atoms with van der Waals surface area (Å²) in [6.07, 6.45) is 11.5. The van der Waals surface area contributed by atoms with Gasteiger partial charge in [-0.3, -0.25) is 4.79 Å². The van der Waals surface area contributed by atoms with Crippen molar-refractivity contribution >= 4 is 5.97 Å². The average Bonchev–Trinajstić information content (AvgIpc) is 2.73. The third-order valence-corrected chi connectivity index (χ3v) is 13.2. The lowest BCUT2D eigenvalue weighted by molar-refractivity contribution is -0.214. The lowest BCUT2D eigenvalue weighted by atomic mass is 9.33. The van der Waals surface area contributed by atoms with E-state index in [4.69, 9.17) is 0 Å². The lowest BCUT2D eigenvalue weighted by Gasteiger charge is -2.70. The molecule has 0 aliphatic heterocycles. The zero-order chi connectivity index (χ0) is 24.2. The minimum Gasteiger partial charge on any atom is -0.481 e. The number of fused-ring (bicyclic) bond motifs is 7. The highest BCUT2D eigenvalue weighted by Crippen LogP contribution is 2.75. The van der Waals surface area contributed by atoms with Crippen LogP contribution in [0.5, 0.6) is 0 Å². The van der Waals surface area contributed by atoms with E-state index < -0.39 is 11.4 Å². The minimum atomic E-state index is -0.723. The quantitative estimate of drug-likeness (QED) is 0.414. The van der Waals surface area contributed by atoms with Gasteiger partial charge in [0.2, 0.25) is 0 Å². The van der Waals surface area contributed by atoms with Crippen molar-refractivity contribution in [2.24, 2.45) is 56.7 Å². The van der Waals surface area contributed by atoms with E-state index in [0.29, 0.717) is 29.6 Å². The summed E-state index contributed by atoms with van der Waals surface area (Å²) in [4.78, 5) is 13.5. The molecule has 5 aliphatic rings. The number of carboxylic acid groups (broad SMARTS) is 1.